The van der Waals surface area contributed by atoms with E-state index in [0.717, 1.165) is 53.5 Å². The number of nitrogens with zero attached hydrogens (tertiary/aromatic N) is 2. The number of sulfonamides is 1. The van der Waals surface area contributed by atoms with E-state index in [-0.39, 0.29) is 29.8 Å². The summed E-state index contributed by atoms with van der Waals surface area (Å²) in [6.07, 6.45) is 4.15. The quantitative estimate of drug-likeness (QED) is 0.173. The van der Waals surface area contributed by atoms with Gasteiger partial charge in [0.2, 0.25) is 11.8 Å². The van der Waals surface area contributed by atoms with Crippen LogP contribution in [-0.2, 0) is 32.6 Å². The summed E-state index contributed by atoms with van der Waals surface area (Å²) in [7, 11) is -4.17. The molecule has 0 heterocycles. The Balaban J connectivity index is 1.58. The molecule has 2 amide bonds. The predicted molar refractivity (Wildman–Crippen MR) is 188 cm³/mol. The van der Waals surface area contributed by atoms with E-state index in [4.69, 9.17) is 11.6 Å². The van der Waals surface area contributed by atoms with Crippen molar-refractivity contribution in [2.45, 2.75) is 76.4 Å². The molecule has 0 unspecified atom stereocenters. The molecular formula is C38H42ClN3O4S. The number of aryl methyl sites for hydroxylation is 3. The van der Waals surface area contributed by atoms with Gasteiger partial charge in [0.15, 0.2) is 0 Å². The molecule has 1 saturated carbocycles. The molecule has 0 aliphatic heterocycles. The van der Waals surface area contributed by atoms with Crippen LogP contribution in [0, 0.1) is 20.8 Å². The van der Waals surface area contributed by atoms with Crippen molar-refractivity contribution >= 4 is 39.1 Å². The van der Waals surface area contributed by atoms with Crippen molar-refractivity contribution in [3.05, 3.63) is 130 Å². The molecule has 4 aromatic carbocycles. The van der Waals surface area contributed by atoms with Gasteiger partial charge in [0.25, 0.3) is 10.0 Å². The minimum Gasteiger partial charge on any atom is -0.352 e. The average Bonchev–Trinajstić information content (AvgIpc) is 3.56. The zero-order valence-corrected chi connectivity index (χ0v) is 28.7. The average molecular weight is 672 g/mol. The van der Waals surface area contributed by atoms with Crippen LogP contribution in [-0.4, -0.2) is 43.8 Å². The first-order valence-corrected chi connectivity index (χ1v) is 17.9. The van der Waals surface area contributed by atoms with Gasteiger partial charge in [-0.05, 0) is 80.6 Å². The Hall–Kier alpha value is -4.14. The third kappa shape index (κ3) is 8.62. The molecule has 4 aromatic rings. The van der Waals surface area contributed by atoms with Crippen LogP contribution in [0.2, 0.25) is 5.02 Å². The first-order valence-electron chi connectivity index (χ1n) is 16.1. The van der Waals surface area contributed by atoms with Gasteiger partial charge in [-0.15, -0.1) is 0 Å². The largest absolute Gasteiger partial charge is 0.352 e. The third-order valence-corrected chi connectivity index (χ3v) is 10.8. The van der Waals surface area contributed by atoms with Crippen LogP contribution in [0.1, 0.15) is 53.5 Å². The van der Waals surface area contributed by atoms with Crippen LogP contribution in [0.25, 0.3) is 0 Å². The van der Waals surface area contributed by atoms with Gasteiger partial charge in [-0.25, -0.2) is 8.42 Å². The van der Waals surface area contributed by atoms with Gasteiger partial charge < -0.3 is 10.2 Å². The number of benzene rings is 4. The Morgan fingerprint density at radius 2 is 1.47 bits per heavy atom. The summed E-state index contributed by atoms with van der Waals surface area (Å²) in [5.74, 6) is -0.736. The smallest absolute Gasteiger partial charge is 0.264 e. The maximum atomic E-state index is 14.7. The van der Waals surface area contributed by atoms with E-state index in [1.54, 1.807) is 42.5 Å². The molecule has 1 fully saturated rings. The number of hydrogen-bond donors (Lipinski definition) is 1. The van der Waals surface area contributed by atoms with Crippen molar-refractivity contribution in [3.8, 4) is 0 Å². The zero-order chi connectivity index (χ0) is 33.6. The first kappa shape index (κ1) is 34.2. The number of hydrogen-bond acceptors (Lipinski definition) is 4. The third-order valence-electron chi connectivity index (χ3n) is 8.75. The topological polar surface area (TPSA) is 86.8 Å². The highest BCUT2D eigenvalue weighted by molar-refractivity contribution is 7.92. The molecule has 9 heteroatoms. The molecule has 1 aliphatic carbocycles. The molecule has 1 aliphatic rings. The van der Waals surface area contributed by atoms with Crippen molar-refractivity contribution in [2.24, 2.45) is 0 Å². The Morgan fingerprint density at radius 3 is 2.11 bits per heavy atom. The summed E-state index contributed by atoms with van der Waals surface area (Å²) in [6.45, 7) is 5.27. The molecule has 5 rings (SSSR count). The highest BCUT2D eigenvalue weighted by Gasteiger charge is 2.36. The summed E-state index contributed by atoms with van der Waals surface area (Å²) in [5, 5.41) is 3.76. The number of carbonyl (C=O) groups excluding carboxylic acids is 2. The Kier molecular flexibility index (Phi) is 11.0. The minimum absolute atomic E-state index is 0.0434. The number of rotatable bonds is 12. The lowest BCUT2D eigenvalue weighted by Gasteiger charge is -2.34. The predicted octanol–water partition coefficient (Wildman–Crippen LogP) is 7.16. The van der Waals surface area contributed by atoms with Crippen LogP contribution < -0.4 is 9.62 Å². The normalized spacial score (nSPS) is 14.0. The van der Waals surface area contributed by atoms with E-state index >= 15 is 0 Å². The van der Waals surface area contributed by atoms with Crippen LogP contribution in [0.3, 0.4) is 0 Å². The van der Waals surface area contributed by atoms with Crippen LogP contribution >= 0.6 is 11.6 Å². The van der Waals surface area contributed by atoms with Crippen LogP contribution in [0.4, 0.5) is 5.69 Å². The highest BCUT2D eigenvalue weighted by Crippen LogP contribution is 2.29. The maximum Gasteiger partial charge on any atom is 0.264 e. The summed E-state index contributed by atoms with van der Waals surface area (Å²) in [5.41, 5.74) is 4.69. The Morgan fingerprint density at radius 1 is 0.830 bits per heavy atom. The molecule has 7 nitrogen and oxygen atoms in total. The second-order valence-electron chi connectivity index (χ2n) is 12.5. The molecule has 0 radical (unpaired) electrons. The molecule has 0 saturated heterocycles. The maximum absolute atomic E-state index is 14.7. The van der Waals surface area contributed by atoms with Crippen LogP contribution in [0.5, 0.6) is 0 Å². The van der Waals surface area contributed by atoms with Crippen molar-refractivity contribution in [1.82, 2.24) is 10.2 Å². The monoisotopic (exact) mass is 671 g/mol. The standard InChI is InChI=1S/C38H42ClN3O4S/c1-27-13-20-34(21-14-27)47(45,46)42(35-22-15-28(2)23-29(35)3)26-37(43)41(25-31-16-18-32(39)19-17-31)36(24-30-9-5-4-6-10-30)38(44)40-33-11-7-8-12-33/h4-6,9-10,13-23,33,36H,7-8,11-12,24-26H2,1-3H3,(H,40,44)/t36-/m0/s1. The van der Waals surface area contributed by atoms with Crippen molar-refractivity contribution in [1.29, 1.82) is 0 Å². The van der Waals surface area contributed by atoms with Crippen molar-refractivity contribution in [2.75, 3.05) is 10.8 Å². The van der Waals surface area contributed by atoms with Gasteiger partial charge in [0.1, 0.15) is 12.6 Å². The number of amides is 2. The second kappa shape index (κ2) is 15.2. The zero-order valence-electron chi connectivity index (χ0n) is 27.2. The first-order chi connectivity index (χ1) is 22.5. The molecule has 246 valence electrons. The van der Waals surface area contributed by atoms with E-state index in [0.29, 0.717) is 10.7 Å². The number of halogens is 1. The molecular weight excluding hydrogens is 630 g/mol. The Labute approximate surface area is 283 Å². The lowest BCUT2D eigenvalue weighted by molar-refractivity contribution is -0.140. The summed E-state index contributed by atoms with van der Waals surface area (Å²) >= 11 is 6.19. The molecule has 0 bridgehead atoms. The number of nitrogens with one attached hydrogen (secondary N) is 1. The molecule has 0 aromatic heterocycles. The number of anilines is 1. The van der Waals surface area contributed by atoms with E-state index in [2.05, 4.69) is 5.32 Å². The molecule has 1 N–H and O–H groups in total. The van der Waals surface area contributed by atoms with Crippen molar-refractivity contribution in [3.63, 3.8) is 0 Å². The van der Waals surface area contributed by atoms with Gasteiger partial charge in [-0.1, -0.05) is 102 Å². The summed E-state index contributed by atoms with van der Waals surface area (Å²) in [6, 6.07) is 28.0. The van der Waals surface area contributed by atoms with E-state index in [1.165, 1.54) is 9.21 Å². The fourth-order valence-corrected chi connectivity index (χ4v) is 7.75. The minimum atomic E-state index is -4.17. The lowest BCUT2D eigenvalue weighted by atomic mass is 10.0. The molecule has 47 heavy (non-hydrogen) atoms. The highest BCUT2D eigenvalue weighted by atomic mass is 35.5. The molecule has 1 atom stereocenters. The summed E-state index contributed by atoms with van der Waals surface area (Å²) < 4.78 is 29.8. The number of carbonyl (C=O) groups is 2. The van der Waals surface area contributed by atoms with E-state index < -0.39 is 28.5 Å². The molecule has 0 spiro atoms. The van der Waals surface area contributed by atoms with Gasteiger partial charge >= 0.3 is 0 Å². The fraction of sp³-hybridized carbons (Fsp3) is 0.316. The summed E-state index contributed by atoms with van der Waals surface area (Å²) in [4.78, 5) is 30.4. The van der Waals surface area contributed by atoms with Gasteiger partial charge in [0, 0.05) is 24.0 Å². The lowest BCUT2D eigenvalue weighted by Crippen LogP contribution is -2.54. The Bertz CT molecular complexity index is 1790. The van der Waals surface area contributed by atoms with E-state index in [9.17, 15) is 18.0 Å². The van der Waals surface area contributed by atoms with Crippen molar-refractivity contribution < 1.29 is 18.0 Å². The fourth-order valence-electron chi connectivity index (χ4n) is 6.14. The SMILES string of the molecule is Cc1ccc(S(=O)(=O)N(CC(=O)N(Cc2ccc(Cl)cc2)[C@@H](Cc2ccccc2)C(=O)NC2CCCC2)c2ccc(C)cc2C)cc1. The second-order valence-corrected chi connectivity index (χ2v) is 14.8. The van der Waals surface area contributed by atoms with Gasteiger partial charge in [-0.2, -0.15) is 0 Å². The van der Waals surface area contributed by atoms with Gasteiger partial charge in [0.05, 0.1) is 10.6 Å². The van der Waals surface area contributed by atoms with Gasteiger partial charge in [-0.3, -0.25) is 13.9 Å². The van der Waals surface area contributed by atoms with E-state index in [1.807, 2.05) is 75.4 Å². The van der Waals surface area contributed by atoms with Crippen LogP contribution in [0.15, 0.2) is 102 Å².